The molecule has 4 heteroatoms. The summed E-state index contributed by atoms with van der Waals surface area (Å²) < 4.78 is 7.33. The molecule has 0 unspecified atom stereocenters. The Morgan fingerprint density at radius 3 is 2.59 bits per heavy atom. The van der Waals surface area contributed by atoms with Gasteiger partial charge in [0.25, 0.3) is 0 Å². The van der Waals surface area contributed by atoms with Crippen molar-refractivity contribution in [2.75, 3.05) is 0 Å². The zero-order chi connectivity index (χ0) is 12.3. The zero-order valence-corrected chi connectivity index (χ0v) is 9.14. The molecular formula is C13H8N3O. The van der Waals surface area contributed by atoms with Gasteiger partial charge in [-0.3, -0.25) is 0 Å². The van der Waals surface area contributed by atoms with Crippen LogP contribution in [0.4, 0.5) is 0 Å². The first kappa shape index (κ1) is 10.8. The van der Waals surface area contributed by atoms with E-state index in [1.165, 1.54) is 0 Å². The molecule has 17 heavy (non-hydrogen) atoms. The Hall–Kier alpha value is -2.72. The summed E-state index contributed by atoms with van der Waals surface area (Å²) in [5.74, 6) is 1.15. The highest BCUT2D eigenvalue weighted by Crippen LogP contribution is 2.23. The minimum Gasteiger partial charge on any atom is -0.441 e. The summed E-state index contributed by atoms with van der Waals surface area (Å²) in [6.07, 6.45) is 1.74. The van der Waals surface area contributed by atoms with E-state index in [2.05, 4.69) is 6.07 Å². The summed E-state index contributed by atoms with van der Waals surface area (Å²) in [7, 11) is 1.83. The fraction of sp³-hybridized carbons (Fsp3) is 0.0769. The number of aromatic nitrogens is 1. The first-order chi connectivity index (χ1) is 8.24. The molecule has 0 atom stereocenters. The molecule has 1 aromatic carbocycles. The van der Waals surface area contributed by atoms with E-state index in [1.54, 1.807) is 35.0 Å². The topological polar surface area (TPSA) is 61.7 Å². The second-order valence-corrected chi connectivity index (χ2v) is 3.42. The van der Waals surface area contributed by atoms with Crippen LogP contribution >= 0.6 is 0 Å². The molecule has 1 heterocycles. The number of nitriles is 2. The fourth-order valence-corrected chi connectivity index (χ4v) is 1.38. The third kappa shape index (κ3) is 2.11. The van der Waals surface area contributed by atoms with Crippen molar-refractivity contribution in [2.45, 2.75) is 0 Å². The molecule has 1 aromatic heterocycles. The molecule has 0 aliphatic carbocycles. The summed E-state index contributed by atoms with van der Waals surface area (Å²) in [5, 5.41) is 17.7. The lowest BCUT2D eigenvalue weighted by Crippen LogP contribution is -1.93. The standard InChI is InChI=1S/C13H8N3O/c1-16-6-2-3-13(16)17-12-5-4-10(8-14)11(7-12)9-15/h3-7H,1H3. The second-order valence-electron chi connectivity index (χ2n) is 3.42. The summed E-state index contributed by atoms with van der Waals surface area (Å²) in [6, 6.07) is 13.3. The molecule has 1 radical (unpaired) electrons. The minimum absolute atomic E-state index is 0.309. The van der Waals surface area contributed by atoms with Crippen LogP contribution in [0.1, 0.15) is 11.1 Å². The van der Waals surface area contributed by atoms with E-state index >= 15 is 0 Å². The Bertz CT molecular complexity index is 629. The van der Waals surface area contributed by atoms with Gasteiger partial charge in [0.1, 0.15) is 17.9 Å². The molecule has 0 N–H and O–H groups in total. The van der Waals surface area contributed by atoms with Crippen molar-refractivity contribution in [2.24, 2.45) is 7.05 Å². The molecular weight excluding hydrogens is 214 g/mol. The molecule has 2 aromatic rings. The maximum atomic E-state index is 8.89. The van der Waals surface area contributed by atoms with Gasteiger partial charge in [0.05, 0.1) is 11.1 Å². The lowest BCUT2D eigenvalue weighted by atomic mass is 10.1. The van der Waals surface area contributed by atoms with Crippen LogP contribution in [-0.2, 0) is 7.05 Å². The van der Waals surface area contributed by atoms with Gasteiger partial charge in [-0.2, -0.15) is 10.5 Å². The van der Waals surface area contributed by atoms with Crippen LogP contribution in [0, 0.1) is 28.7 Å². The molecule has 81 valence electrons. The van der Waals surface area contributed by atoms with Crippen LogP contribution in [0.15, 0.2) is 30.5 Å². The minimum atomic E-state index is 0.309. The van der Waals surface area contributed by atoms with E-state index in [0.29, 0.717) is 22.8 Å². The van der Waals surface area contributed by atoms with E-state index < -0.39 is 0 Å². The number of benzene rings is 1. The highest BCUT2D eigenvalue weighted by molar-refractivity contribution is 5.49. The van der Waals surface area contributed by atoms with E-state index in [4.69, 9.17) is 15.3 Å². The van der Waals surface area contributed by atoms with Crippen molar-refractivity contribution >= 4 is 0 Å². The molecule has 0 saturated carbocycles. The normalized spacial score (nSPS) is 9.35. The third-order valence-electron chi connectivity index (χ3n) is 2.28. The Labute approximate surface area is 98.9 Å². The van der Waals surface area contributed by atoms with E-state index in [9.17, 15) is 0 Å². The Morgan fingerprint density at radius 1 is 1.24 bits per heavy atom. The van der Waals surface area contributed by atoms with Gasteiger partial charge in [-0.05, 0) is 18.2 Å². The average molecular weight is 222 g/mol. The lowest BCUT2D eigenvalue weighted by molar-refractivity contribution is 0.443. The van der Waals surface area contributed by atoms with Gasteiger partial charge in [-0.15, -0.1) is 0 Å². The predicted octanol–water partition coefficient (Wildman–Crippen LogP) is 2.36. The van der Waals surface area contributed by atoms with Crippen molar-refractivity contribution in [1.29, 1.82) is 10.5 Å². The second kappa shape index (κ2) is 4.42. The number of hydrogen-bond donors (Lipinski definition) is 0. The molecule has 0 amide bonds. The Kier molecular flexibility index (Phi) is 2.81. The number of aryl methyl sites for hydroxylation is 1. The van der Waals surface area contributed by atoms with Crippen LogP contribution < -0.4 is 4.74 Å². The van der Waals surface area contributed by atoms with E-state index in [-0.39, 0.29) is 0 Å². The van der Waals surface area contributed by atoms with Gasteiger partial charge in [0.15, 0.2) is 5.88 Å². The summed E-state index contributed by atoms with van der Waals surface area (Å²) in [4.78, 5) is 0. The fourth-order valence-electron chi connectivity index (χ4n) is 1.38. The third-order valence-corrected chi connectivity index (χ3v) is 2.28. The number of nitrogens with zero attached hydrogens (tertiary/aromatic N) is 3. The van der Waals surface area contributed by atoms with Gasteiger partial charge < -0.3 is 9.30 Å². The maximum absolute atomic E-state index is 8.89. The molecule has 0 saturated heterocycles. The van der Waals surface area contributed by atoms with E-state index in [1.807, 2.05) is 19.2 Å². The SMILES string of the molecule is Cn1c[c]cc1Oc1ccc(C#N)c(C#N)c1. The van der Waals surface area contributed by atoms with Crippen LogP contribution in [0.25, 0.3) is 0 Å². The molecule has 0 bridgehead atoms. The summed E-state index contributed by atoms with van der Waals surface area (Å²) in [6.45, 7) is 0. The Balaban J connectivity index is 2.33. The summed E-state index contributed by atoms with van der Waals surface area (Å²) in [5.41, 5.74) is 0.654. The maximum Gasteiger partial charge on any atom is 0.200 e. The van der Waals surface area contributed by atoms with Crippen LogP contribution in [0.2, 0.25) is 0 Å². The van der Waals surface area contributed by atoms with Crippen molar-refractivity contribution in [1.82, 2.24) is 4.57 Å². The Morgan fingerprint density at radius 2 is 2.00 bits per heavy atom. The molecule has 0 fully saturated rings. The zero-order valence-electron chi connectivity index (χ0n) is 9.14. The smallest absolute Gasteiger partial charge is 0.200 e. The van der Waals surface area contributed by atoms with E-state index in [0.717, 1.165) is 0 Å². The van der Waals surface area contributed by atoms with Crippen LogP contribution in [-0.4, -0.2) is 4.57 Å². The molecule has 0 aliphatic rings. The molecule has 0 spiro atoms. The van der Waals surface area contributed by atoms with Gasteiger partial charge >= 0.3 is 0 Å². The van der Waals surface area contributed by atoms with Crippen LogP contribution in [0.5, 0.6) is 11.6 Å². The highest BCUT2D eigenvalue weighted by Gasteiger charge is 2.05. The predicted molar refractivity (Wildman–Crippen MR) is 60.2 cm³/mol. The number of ether oxygens (including phenoxy) is 1. The van der Waals surface area contributed by atoms with Crippen molar-refractivity contribution in [3.8, 4) is 23.8 Å². The number of hydrogen-bond acceptors (Lipinski definition) is 3. The molecule has 0 aliphatic heterocycles. The highest BCUT2D eigenvalue weighted by atomic mass is 16.5. The largest absolute Gasteiger partial charge is 0.441 e. The lowest BCUT2D eigenvalue weighted by Gasteiger charge is -2.06. The van der Waals surface area contributed by atoms with Gasteiger partial charge in [0.2, 0.25) is 0 Å². The van der Waals surface area contributed by atoms with Gasteiger partial charge in [-0.1, -0.05) is 0 Å². The molecule has 4 nitrogen and oxygen atoms in total. The summed E-state index contributed by atoms with van der Waals surface area (Å²) >= 11 is 0. The van der Waals surface area contributed by atoms with Crippen LogP contribution in [0.3, 0.4) is 0 Å². The van der Waals surface area contributed by atoms with Crippen molar-refractivity contribution < 1.29 is 4.74 Å². The first-order valence-corrected chi connectivity index (χ1v) is 4.89. The van der Waals surface area contributed by atoms with Gasteiger partial charge in [0, 0.05) is 25.4 Å². The first-order valence-electron chi connectivity index (χ1n) is 4.89. The average Bonchev–Trinajstić information content (AvgIpc) is 2.75. The number of rotatable bonds is 2. The monoisotopic (exact) mass is 222 g/mol. The quantitative estimate of drug-likeness (QED) is 0.783. The van der Waals surface area contributed by atoms with Gasteiger partial charge in [-0.25, -0.2) is 0 Å². The van der Waals surface area contributed by atoms with Crippen molar-refractivity contribution in [3.63, 3.8) is 0 Å². The van der Waals surface area contributed by atoms with Crippen molar-refractivity contribution in [3.05, 3.63) is 47.7 Å². The molecule has 2 rings (SSSR count).